The normalized spacial score (nSPS) is 15.1. The van der Waals surface area contributed by atoms with Crippen LogP contribution in [0.1, 0.15) is 58.7 Å². The molecule has 4 rings (SSSR count). The number of nitrogens with zero attached hydrogens (tertiary/aromatic N) is 1. The third kappa shape index (κ3) is 3.81. The molecule has 2 aromatic heterocycles. The summed E-state index contributed by atoms with van der Waals surface area (Å²) in [7, 11) is 0. The number of amides is 1. The maximum absolute atomic E-state index is 12.7. The number of hydrogen-bond acceptors (Lipinski definition) is 4. The molecule has 1 saturated carbocycles. The molecule has 1 fully saturated rings. The van der Waals surface area contributed by atoms with E-state index in [1.165, 1.54) is 30.6 Å². The third-order valence-electron chi connectivity index (χ3n) is 5.21. The molecular formula is C21H23N3O2S. The first-order valence-electron chi connectivity index (χ1n) is 9.49. The second-order valence-corrected chi connectivity index (χ2v) is 8.22. The van der Waals surface area contributed by atoms with E-state index in [-0.39, 0.29) is 17.5 Å². The first kappa shape index (κ1) is 17.9. The molecule has 0 atom stereocenters. The zero-order valence-corrected chi connectivity index (χ0v) is 16.2. The van der Waals surface area contributed by atoms with Crippen LogP contribution in [0.2, 0.25) is 0 Å². The molecule has 2 heterocycles. The SMILES string of the molecule is Cc1c(C(=O)NC2CCCCC2)sc2nc(Cc3ccccc3)[nH]c(=O)c12. The Balaban J connectivity index is 1.63. The zero-order valence-electron chi connectivity index (χ0n) is 15.4. The van der Waals surface area contributed by atoms with Gasteiger partial charge in [0.05, 0.1) is 10.3 Å². The number of nitrogens with one attached hydrogen (secondary N) is 2. The Morgan fingerprint density at radius 3 is 2.70 bits per heavy atom. The zero-order chi connectivity index (χ0) is 18.8. The first-order valence-corrected chi connectivity index (χ1v) is 10.3. The van der Waals surface area contributed by atoms with E-state index in [9.17, 15) is 9.59 Å². The predicted octanol–water partition coefficient (Wildman–Crippen LogP) is 3.95. The van der Waals surface area contributed by atoms with Gasteiger partial charge in [0.2, 0.25) is 0 Å². The molecule has 140 valence electrons. The molecule has 27 heavy (non-hydrogen) atoms. The molecule has 0 radical (unpaired) electrons. The summed E-state index contributed by atoms with van der Waals surface area (Å²) in [5, 5.41) is 3.68. The average molecular weight is 382 g/mol. The van der Waals surface area contributed by atoms with E-state index >= 15 is 0 Å². The van der Waals surface area contributed by atoms with Crippen molar-refractivity contribution in [3.05, 3.63) is 62.5 Å². The summed E-state index contributed by atoms with van der Waals surface area (Å²) in [4.78, 5) is 34.1. The number of aromatic nitrogens is 2. The van der Waals surface area contributed by atoms with Gasteiger partial charge in [-0.1, -0.05) is 49.6 Å². The maximum Gasteiger partial charge on any atom is 0.261 e. The average Bonchev–Trinajstić information content (AvgIpc) is 3.00. The van der Waals surface area contributed by atoms with E-state index in [1.807, 2.05) is 37.3 Å². The number of H-pyrrole nitrogens is 1. The molecule has 5 nitrogen and oxygen atoms in total. The molecule has 1 aromatic carbocycles. The number of carbonyl (C=O) groups excluding carboxylic acids is 1. The van der Waals surface area contributed by atoms with Crippen LogP contribution < -0.4 is 10.9 Å². The van der Waals surface area contributed by atoms with Gasteiger partial charge in [0, 0.05) is 12.5 Å². The molecule has 2 N–H and O–H groups in total. The van der Waals surface area contributed by atoms with Crippen molar-refractivity contribution in [2.45, 2.75) is 51.5 Å². The lowest BCUT2D eigenvalue weighted by Gasteiger charge is -2.22. The second kappa shape index (κ2) is 7.64. The predicted molar refractivity (Wildman–Crippen MR) is 109 cm³/mol. The summed E-state index contributed by atoms with van der Waals surface area (Å²) >= 11 is 1.32. The van der Waals surface area contributed by atoms with Crippen LogP contribution >= 0.6 is 11.3 Å². The Hall–Kier alpha value is -2.47. The third-order valence-corrected chi connectivity index (χ3v) is 6.40. The van der Waals surface area contributed by atoms with Crippen molar-refractivity contribution in [1.29, 1.82) is 0 Å². The van der Waals surface area contributed by atoms with Crippen molar-refractivity contribution < 1.29 is 4.79 Å². The Morgan fingerprint density at radius 1 is 1.22 bits per heavy atom. The van der Waals surface area contributed by atoms with Gasteiger partial charge < -0.3 is 10.3 Å². The van der Waals surface area contributed by atoms with Crippen molar-refractivity contribution in [3.8, 4) is 0 Å². The van der Waals surface area contributed by atoms with E-state index in [1.54, 1.807) is 0 Å². The molecule has 0 bridgehead atoms. The standard InChI is InChI=1S/C21H23N3O2S/c1-13-17-19(25)23-16(12-14-8-4-2-5-9-14)24-21(17)27-18(13)20(26)22-15-10-6-3-7-11-15/h2,4-5,8-9,15H,3,6-7,10-12H2,1H3,(H,22,26)(H,23,24,25). The number of carbonyl (C=O) groups is 1. The highest BCUT2D eigenvalue weighted by Gasteiger charge is 2.22. The summed E-state index contributed by atoms with van der Waals surface area (Å²) in [6, 6.07) is 10.2. The number of aryl methyl sites for hydroxylation is 1. The number of rotatable bonds is 4. The molecule has 1 amide bonds. The summed E-state index contributed by atoms with van der Waals surface area (Å²) in [6.07, 6.45) is 6.22. The minimum absolute atomic E-state index is 0.0774. The Morgan fingerprint density at radius 2 is 1.96 bits per heavy atom. The summed E-state index contributed by atoms with van der Waals surface area (Å²) in [5.41, 5.74) is 1.64. The first-order chi connectivity index (χ1) is 13.1. The Kier molecular flexibility index (Phi) is 5.07. The fourth-order valence-corrected chi connectivity index (χ4v) is 4.88. The van der Waals surface area contributed by atoms with Crippen LogP contribution in [-0.4, -0.2) is 21.9 Å². The Bertz CT molecular complexity index is 1020. The van der Waals surface area contributed by atoms with Gasteiger partial charge in [0.15, 0.2) is 0 Å². The maximum atomic E-state index is 12.7. The van der Waals surface area contributed by atoms with E-state index < -0.39 is 0 Å². The highest BCUT2D eigenvalue weighted by Crippen LogP contribution is 2.28. The molecule has 1 aliphatic rings. The van der Waals surface area contributed by atoms with Crippen molar-refractivity contribution in [3.63, 3.8) is 0 Å². The lowest BCUT2D eigenvalue weighted by atomic mass is 9.95. The van der Waals surface area contributed by atoms with Crippen molar-refractivity contribution in [1.82, 2.24) is 15.3 Å². The van der Waals surface area contributed by atoms with Crippen LogP contribution in [0.3, 0.4) is 0 Å². The van der Waals surface area contributed by atoms with Gasteiger partial charge in [-0.25, -0.2) is 4.98 Å². The van der Waals surface area contributed by atoms with Crippen LogP contribution in [-0.2, 0) is 6.42 Å². The summed E-state index contributed by atoms with van der Waals surface area (Å²) in [5.74, 6) is 0.547. The van der Waals surface area contributed by atoms with Gasteiger partial charge >= 0.3 is 0 Å². The fourth-order valence-electron chi connectivity index (χ4n) is 3.78. The van der Waals surface area contributed by atoms with Crippen LogP contribution in [0.25, 0.3) is 10.2 Å². The van der Waals surface area contributed by atoms with Crippen LogP contribution in [0.15, 0.2) is 35.1 Å². The smallest absolute Gasteiger partial charge is 0.261 e. The highest BCUT2D eigenvalue weighted by molar-refractivity contribution is 7.20. The van der Waals surface area contributed by atoms with E-state index in [0.717, 1.165) is 24.0 Å². The monoisotopic (exact) mass is 381 g/mol. The summed E-state index contributed by atoms with van der Waals surface area (Å²) < 4.78 is 0. The molecule has 1 aliphatic carbocycles. The quantitative estimate of drug-likeness (QED) is 0.719. The molecule has 0 spiro atoms. The topological polar surface area (TPSA) is 74.8 Å². The molecule has 0 unspecified atom stereocenters. The van der Waals surface area contributed by atoms with Gasteiger partial charge in [-0.15, -0.1) is 11.3 Å². The van der Waals surface area contributed by atoms with Crippen molar-refractivity contribution in [2.75, 3.05) is 0 Å². The second-order valence-electron chi connectivity index (χ2n) is 7.22. The molecule has 6 heteroatoms. The van der Waals surface area contributed by atoms with Gasteiger partial charge in [0.25, 0.3) is 11.5 Å². The number of thiophene rings is 1. The molecule has 3 aromatic rings. The minimum Gasteiger partial charge on any atom is -0.349 e. The molecule has 0 aliphatic heterocycles. The highest BCUT2D eigenvalue weighted by atomic mass is 32.1. The summed E-state index contributed by atoms with van der Waals surface area (Å²) in [6.45, 7) is 1.84. The number of hydrogen-bond donors (Lipinski definition) is 2. The number of fused-ring (bicyclic) bond motifs is 1. The molecule has 0 saturated heterocycles. The largest absolute Gasteiger partial charge is 0.349 e. The minimum atomic E-state index is -0.170. The Labute approximate surface area is 161 Å². The van der Waals surface area contributed by atoms with Gasteiger partial charge in [-0.2, -0.15) is 0 Å². The van der Waals surface area contributed by atoms with Gasteiger partial charge in [-0.3, -0.25) is 9.59 Å². The fraction of sp³-hybridized carbons (Fsp3) is 0.381. The van der Waals surface area contributed by atoms with Crippen molar-refractivity contribution >= 4 is 27.5 Å². The number of benzene rings is 1. The van der Waals surface area contributed by atoms with Gasteiger partial charge in [0.1, 0.15) is 10.7 Å². The number of aromatic amines is 1. The molecular weight excluding hydrogens is 358 g/mol. The lowest BCUT2D eigenvalue weighted by Crippen LogP contribution is -2.36. The lowest BCUT2D eigenvalue weighted by molar-refractivity contribution is 0.0931. The van der Waals surface area contributed by atoms with Crippen LogP contribution in [0, 0.1) is 6.92 Å². The van der Waals surface area contributed by atoms with E-state index in [4.69, 9.17) is 0 Å². The van der Waals surface area contributed by atoms with E-state index in [0.29, 0.717) is 27.3 Å². The van der Waals surface area contributed by atoms with Crippen LogP contribution in [0.4, 0.5) is 0 Å². The van der Waals surface area contributed by atoms with Gasteiger partial charge in [-0.05, 0) is 30.9 Å². The van der Waals surface area contributed by atoms with Crippen LogP contribution in [0.5, 0.6) is 0 Å². The van der Waals surface area contributed by atoms with Crippen molar-refractivity contribution in [2.24, 2.45) is 0 Å². The van der Waals surface area contributed by atoms with E-state index in [2.05, 4.69) is 15.3 Å².